The van der Waals surface area contributed by atoms with Gasteiger partial charge in [0.15, 0.2) is 0 Å². The second-order valence-electron chi connectivity index (χ2n) is 4.98. The van der Waals surface area contributed by atoms with Gasteiger partial charge < -0.3 is 5.73 Å². The van der Waals surface area contributed by atoms with E-state index < -0.39 is 0 Å². The van der Waals surface area contributed by atoms with Crippen molar-refractivity contribution in [1.82, 2.24) is 4.98 Å². The second-order valence-corrected chi connectivity index (χ2v) is 4.98. The third-order valence-electron chi connectivity index (χ3n) is 4.03. The number of benzene rings is 1. The Labute approximate surface area is 102 Å². The van der Waals surface area contributed by atoms with Crippen molar-refractivity contribution in [2.75, 3.05) is 0 Å². The Morgan fingerprint density at radius 1 is 1.24 bits per heavy atom. The fourth-order valence-electron chi connectivity index (χ4n) is 2.90. The number of nitrogens with zero attached hydrogens (tertiary/aromatic N) is 1. The molecule has 0 unspecified atom stereocenters. The summed E-state index contributed by atoms with van der Waals surface area (Å²) in [7, 11) is 0. The molecule has 1 heterocycles. The minimum atomic E-state index is 0.629. The van der Waals surface area contributed by atoms with Crippen LogP contribution in [-0.2, 0) is 19.4 Å². The predicted molar refractivity (Wildman–Crippen MR) is 71.1 cm³/mol. The van der Waals surface area contributed by atoms with E-state index in [0.29, 0.717) is 6.54 Å². The van der Waals surface area contributed by atoms with Crippen molar-refractivity contribution < 1.29 is 0 Å². The van der Waals surface area contributed by atoms with Gasteiger partial charge in [0.2, 0.25) is 0 Å². The second kappa shape index (κ2) is 3.81. The van der Waals surface area contributed by atoms with Crippen LogP contribution in [0, 0.1) is 13.8 Å². The number of hydrogen-bond acceptors (Lipinski definition) is 2. The molecule has 0 spiro atoms. The van der Waals surface area contributed by atoms with Gasteiger partial charge in [-0.3, -0.25) is 4.98 Å². The summed E-state index contributed by atoms with van der Waals surface area (Å²) in [5.41, 5.74) is 13.7. The van der Waals surface area contributed by atoms with E-state index >= 15 is 0 Å². The average Bonchev–Trinajstić information content (AvgIpc) is 2.79. The van der Waals surface area contributed by atoms with E-state index in [-0.39, 0.29) is 0 Å². The molecule has 2 heteroatoms. The topological polar surface area (TPSA) is 38.9 Å². The summed E-state index contributed by atoms with van der Waals surface area (Å²) in [6, 6.07) is 4.37. The van der Waals surface area contributed by atoms with Crippen LogP contribution in [0.4, 0.5) is 0 Å². The van der Waals surface area contributed by atoms with Gasteiger partial charge in [0, 0.05) is 17.6 Å². The normalized spacial score (nSPS) is 14.3. The van der Waals surface area contributed by atoms with Crippen molar-refractivity contribution in [2.45, 2.75) is 39.7 Å². The standard InChI is InChI=1S/C15H18N2/c1-9-6-7-12-13(8-16)11-4-3-5-14(11)17-15(12)10(9)2/h6-7H,3-5,8,16H2,1-2H3. The molecular weight excluding hydrogens is 208 g/mol. The molecule has 0 saturated heterocycles. The fraction of sp³-hybridized carbons (Fsp3) is 0.400. The van der Waals surface area contributed by atoms with Crippen LogP contribution in [0.25, 0.3) is 10.9 Å². The summed E-state index contributed by atoms with van der Waals surface area (Å²) < 4.78 is 0. The molecule has 0 fully saturated rings. The minimum absolute atomic E-state index is 0.629. The van der Waals surface area contributed by atoms with E-state index in [9.17, 15) is 0 Å². The van der Waals surface area contributed by atoms with Crippen LogP contribution >= 0.6 is 0 Å². The molecule has 0 radical (unpaired) electrons. The molecule has 0 saturated carbocycles. The van der Waals surface area contributed by atoms with Crippen molar-refractivity contribution in [2.24, 2.45) is 5.73 Å². The maximum atomic E-state index is 5.95. The Balaban J connectivity index is 2.44. The fourth-order valence-corrected chi connectivity index (χ4v) is 2.90. The number of hydrogen-bond donors (Lipinski definition) is 1. The molecule has 0 aliphatic heterocycles. The quantitative estimate of drug-likeness (QED) is 0.812. The third kappa shape index (κ3) is 1.48. The van der Waals surface area contributed by atoms with Crippen molar-refractivity contribution in [1.29, 1.82) is 0 Å². The van der Waals surface area contributed by atoms with Crippen molar-refractivity contribution in [3.05, 3.63) is 40.1 Å². The zero-order chi connectivity index (χ0) is 12.0. The van der Waals surface area contributed by atoms with Crippen molar-refractivity contribution in [3.8, 4) is 0 Å². The summed E-state index contributed by atoms with van der Waals surface area (Å²) in [6.45, 7) is 4.93. The molecule has 2 N–H and O–H groups in total. The smallest absolute Gasteiger partial charge is 0.0740 e. The highest BCUT2D eigenvalue weighted by Crippen LogP contribution is 2.31. The predicted octanol–water partition coefficient (Wildman–Crippen LogP) is 2.80. The molecule has 88 valence electrons. The summed E-state index contributed by atoms with van der Waals surface area (Å²) in [6.07, 6.45) is 3.49. The van der Waals surface area contributed by atoms with Crippen LogP contribution in [0.5, 0.6) is 0 Å². The minimum Gasteiger partial charge on any atom is -0.326 e. The van der Waals surface area contributed by atoms with E-state index in [0.717, 1.165) is 18.4 Å². The van der Waals surface area contributed by atoms with Crippen LogP contribution in [0.15, 0.2) is 12.1 Å². The van der Waals surface area contributed by atoms with E-state index in [4.69, 9.17) is 10.7 Å². The summed E-state index contributed by atoms with van der Waals surface area (Å²) in [5, 5.41) is 1.26. The highest BCUT2D eigenvalue weighted by atomic mass is 14.7. The number of pyridine rings is 1. The van der Waals surface area contributed by atoms with Gasteiger partial charge in [0.1, 0.15) is 0 Å². The molecule has 17 heavy (non-hydrogen) atoms. The first-order valence-electron chi connectivity index (χ1n) is 6.33. The Hall–Kier alpha value is -1.41. The number of aryl methyl sites for hydroxylation is 3. The third-order valence-corrected chi connectivity index (χ3v) is 4.03. The molecule has 1 aromatic heterocycles. The van der Waals surface area contributed by atoms with Gasteiger partial charge in [0.25, 0.3) is 0 Å². The Bertz CT molecular complexity index is 600. The lowest BCUT2D eigenvalue weighted by atomic mass is 9.97. The molecule has 2 aromatic rings. The molecule has 0 amide bonds. The Morgan fingerprint density at radius 2 is 2.06 bits per heavy atom. The first kappa shape index (κ1) is 10.7. The molecular formula is C15H18N2. The van der Waals surface area contributed by atoms with Crippen LogP contribution < -0.4 is 5.73 Å². The SMILES string of the molecule is Cc1ccc2c(CN)c3c(nc2c1C)CCC3. The lowest BCUT2D eigenvalue weighted by Crippen LogP contribution is -2.05. The number of aromatic nitrogens is 1. The molecule has 1 aromatic carbocycles. The summed E-state index contributed by atoms with van der Waals surface area (Å²) in [5.74, 6) is 0. The highest BCUT2D eigenvalue weighted by molar-refractivity contribution is 5.87. The van der Waals surface area contributed by atoms with Gasteiger partial charge in [-0.1, -0.05) is 12.1 Å². The largest absolute Gasteiger partial charge is 0.326 e. The van der Waals surface area contributed by atoms with Crippen molar-refractivity contribution in [3.63, 3.8) is 0 Å². The van der Waals surface area contributed by atoms with Crippen LogP contribution in [0.2, 0.25) is 0 Å². The molecule has 0 atom stereocenters. The molecule has 3 rings (SSSR count). The Morgan fingerprint density at radius 3 is 2.82 bits per heavy atom. The maximum Gasteiger partial charge on any atom is 0.0740 e. The van der Waals surface area contributed by atoms with E-state index in [2.05, 4.69) is 26.0 Å². The van der Waals surface area contributed by atoms with Gasteiger partial charge in [0.05, 0.1) is 5.52 Å². The first-order valence-corrected chi connectivity index (χ1v) is 6.33. The number of rotatable bonds is 1. The van der Waals surface area contributed by atoms with Gasteiger partial charge in [-0.2, -0.15) is 0 Å². The van der Waals surface area contributed by atoms with E-state index in [1.807, 2.05) is 0 Å². The zero-order valence-electron chi connectivity index (χ0n) is 10.5. The maximum absolute atomic E-state index is 5.95. The monoisotopic (exact) mass is 226 g/mol. The van der Waals surface area contributed by atoms with Crippen LogP contribution in [0.3, 0.4) is 0 Å². The lowest BCUT2D eigenvalue weighted by molar-refractivity contribution is 0.896. The zero-order valence-corrected chi connectivity index (χ0v) is 10.5. The first-order chi connectivity index (χ1) is 8.22. The average molecular weight is 226 g/mol. The van der Waals surface area contributed by atoms with Gasteiger partial charge >= 0.3 is 0 Å². The van der Waals surface area contributed by atoms with Gasteiger partial charge in [-0.05, 0) is 55.4 Å². The van der Waals surface area contributed by atoms with Crippen LogP contribution in [0.1, 0.15) is 34.4 Å². The highest BCUT2D eigenvalue weighted by Gasteiger charge is 2.19. The number of nitrogens with two attached hydrogens (primary N) is 1. The number of fused-ring (bicyclic) bond motifs is 2. The molecule has 2 nitrogen and oxygen atoms in total. The molecule has 1 aliphatic carbocycles. The molecule has 1 aliphatic rings. The molecule has 0 bridgehead atoms. The summed E-state index contributed by atoms with van der Waals surface area (Å²) in [4.78, 5) is 4.87. The van der Waals surface area contributed by atoms with E-state index in [1.165, 1.54) is 39.8 Å². The Kier molecular flexibility index (Phi) is 2.40. The summed E-state index contributed by atoms with van der Waals surface area (Å²) >= 11 is 0. The van der Waals surface area contributed by atoms with Gasteiger partial charge in [-0.25, -0.2) is 0 Å². The van der Waals surface area contributed by atoms with Gasteiger partial charge in [-0.15, -0.1) is 0 Å². The van der Waals surface area contributed by atoms with E-state index in [1.54, 1.807) is 0 Å². The van der Waals surface area contributed by atoms with Crippen LogP contribution in [-0.4, -0.2) is 4.98 Å². The van der Waals surface area contributed by atoms with Crippen molar-refractivity contribution >= 4 is 10.9 Å². The lowest BCUT2D eigenvalue weighted by Gasteiger charge is -2.13.